The van der Waals surface area contributed by atoms with Crippen molar-refractivity contribution in [2.75, 3.05) is 0 Å². The average Bonchev–Trinajstić information content (AvgIpc) is 2.67. The summed E-state index contributed by atoms with van der Waals surface area (Å²) >= 11 is 0. The van der Waals surface area contributed by atoms with E-state index in [0.29, 0.717) is 19.3 Å². The summed E-state index contributed by atoms with van der Waals surface area (Å²) in [5.74, 6) is -0.210. The van der Waals surface area contributed by atoms with Gasteiger partial charge in [0, 0.05) is 12.8 Å². The molecule has 2 N–H and O–H groups in total. The second-order valence-electron chi connectivity index (χ2n) is 6.27. The highest BCUT2D eigenvalue weighted by Gasteiger charge is 2.15. The van der Waals surface area contributed by atoms with Crippen molar-refractivity contribution >= 4 is 5.97 Å². The van der Waals surface area contributed by atoms with Crippen LogP contribution in [-0.4, -0.2) is 34.5 Å². The maximum absolute atomic E-state index is 11.6. The van der Waals surface area contributed by atoms with Gasteiger partial charge >= 0.3 is 5.97 Å². The topological polar surface area (TPSA) is 66.8 Å². The molecule has 1 rings (SSSR count). The minimum Gasteiger partial charge on any atom is -0.458 e. The third-order valence-corrected chi connectivity index (χ3v) is 4.01. The molecule has 1 heterocycles. The molecule has 0 aromatic rings. The van der Waals surface area contributed by atoms with E-state index in [9.17, 15) is 15.0 Å². The molecule has 0 aromatic carbocycles. The van der Waals surface area contributed by atoms with Gasteiger partial charge in [0.2, 0.25) is 0 Å². The number of allylic oxidation sites excluding steroid dienone is 2. The molecule has 0 spiro atoms. The highest BCUT2D eigenvalue weighted by molar-refractivity contribution is 5.69. The van der Waals surface area contributed by atoms with Crippen LogP contribution in [0, 0.1) is 0 Å². The lowest BCUT2D eigenvalue weighted by Gasteiger charge is -2.15. The molecule has 1 aliphatic heterocycles. The first-order valence-electron chi connectivity index (χ1n) is 9.17. The number of unbranched alkanes of at least 4 members (excludes halogenated alkanes) is 3. The van der Waals surface area contributed by atoms with E-state index in [1.54, 1.807) is 6.08 Å². The first-order valence-corrected chi connectivity index (χ1v) is 9.17. The molecule has 0 radical (unpaired) electrons. The van der Waals surface area contributed by atoms with E-state index in [4.69, 9.17) is 4.74 Å². The molecule has 136 valence electrons. The first-order chi connectivity index (χ1) is 11.6. The van der Waals surface area contributed by atoms with Crippen LogP contribution < -0.4 is 0 Å². The van der Waals surface area contributed by atoms with Crippen LogP contribution in [-0.2, 0) is 9.53 Å². The summed E-state index contributed by atoms with van der Waals surface area (Å²) in [6.45, 7) is 2.17. The third-order valence-electron chi connectivity index (χ3n) is 4.01. The van der Waals surface area contributed by atoms with Crippen molar-refractivity contribution in [3.63, 3.8) is 0 Å². The minimum absolute atomic E-state index is 0.210. The Hall–Kier alpha value is -1.39. The summed E-state index contributed by atoms with van der Waals surface area (Å²) < 4.78 is 5.35. The van der Waals surface area contributed by atoms with Gasteiger partial charge in [-0.1, -0.05) is 50.1 Å². The van der Waals surface area contributed by atoms with Gasteiger partial charge in [-0.3, -0.25) is 4.79 Å². The molecule has 0 aliphatic carbocycles. The number of cyclic esters (lactones) is 1. The molecule has 0 saturated carbocycles. The molecule has 0 unspecified atom stereocenters. The summed E-state index contributed by atoms with van der Waals surface area (Å²) in [5, 5.41) is 20.0. The number of carbonyl (C=O) groups excluding carboxylic acids is 1. The van der Waals surface area contributed by atoms with E-state index in [1.807, 2.05) is 12.2 Å². The van der Waals surface area contributed by atoms with E-state index >= 15 is 0 Å². The van der Waals surface area contributed by atoms with Gasteiger partial charge in [0.1, 0.15) is 6.10 Å². The molecule has 0 amide bonds. The van der Waals surface area contributed by atoms with E-state index in [1.165, 1.54) is 18.9 Å². The molecule has 0 bridgehead atoms. The summed E-state index contributed by atoms with van der Waals surface area (Å²) in [4.78, 5) is 11.6. The predicted molar refractivity (Wildman–Crippen MR) is 96.5 cm³/mol. The average molecular weight is 336 g/mol. The fraction of sp³-hybridized carbons (Fsp3) is 0.650. The van der Waals surface area contributed by atoms with E-state index < -0.39 is 12.2 Å². The molecule has 4 nitrogen and oxygen atoms in total. The lowest BCUT2D eigenvalue weighted by Crippen LogP contribution is -2.24. The maximum atomic E-state index is 11.6. The van der Waals surface area contributed by atoms with Crippen molar-refractivity contribution in [3.05, 3.63) is 36.5 Å². The fourth-order valence-electron chi connectivity index (χ4n) is 2.48. The van der Waals surface area contributed by atoms with Crippen LogP contribution in [0.1, 0.15) is 64.7 Å². The lowest BCUT2D eigenvalue weighted by atomic mass is 10.1. The zero-order valence-electron chi connectivity index (χ0n) is 14.8. The van der Waals surface area contributed by atoms with Gasteiger partial charge in [-0.25, -0.2) is 0 Å². The lowest BCUT2D eigenvalue weighted by molar-refractivity contribution is -0.146. The number of ether oxygens (including phenoxy) is 1. The van der Waals surface area contributed by atoms with Crippen molar-refractivity contribution in [3.8, 4) is 0 Å². The molecule has 1 aliphatic rings. The first kappa shape index (κ1) is 20.7. The third kappa shape index (κ3) is 9.68. The Bertz CT molecular complexity index is 425. The molecule has 0 saturated heterocycles. The number of carbonyl (C=O) groups is 1. The summed E-state index contributed by atoms with van der Waals surface area (Å²) in [7, 11) is 0. The Morgan fingerprint density at radius 3 is 2.92 bits per heavy atom. The van der Waals surface area contributed by atoms with Gasteiger partial charge in [-0.15, -0.1) is 0 Å². The SMILES string of the molecule is CCCCC/C=C\C[C@@H](O)[C@@H](O)/C=C/[C@@H]1C/C=C\CCCC(=O)O1. The number of esters is 1. The number of aliphatic hydroxyl groups is 2. The van der Waals surface area contributed by atoms with Crippen LogP contribution in [0.15, 0.2) is 36.5 Å². The minimum atomic E-state index is -0.958. The van der Waals surface area contributed by atoms with Crippen molar-refractivity contribution in [1.82, 2.24) is 0 Å². The van der Waals surface area contributed by atoms with E-state index in [-0.39, 0.29) is 12.1 Å². The molecule has 3 atom stereocenters. The maximum Gasteiger partial charge on any atom is 0.306 e. The highest BCUT2D eigenvalue weighted by Crippen LogP contribution is 2.12. The van der Waals surface area contributed by atoms with Gasteiger partial charge in [0.05, 0.1) is 12.2 Å². The normalized spacial score (nSPS) is 23.5. The standard InChI is InChI=1S/C20H32O4/c1-2-3-4-5-6-10-13-18(21)19(22)16-15-17-12-9-7-8-11-14-20(23)24-17/h6-7,9-10,15-19,21-22H,2-5,8,11-14H2,1H3/b9-7-,10-6-,16-15+/t17-,18+,19-/m0/s1. The largest absolute Gasteiger partial charge is 0.458 e. The van der Waals surface area contributed by atoms with Gasteiger partial charge < -0.3 is 14.9 Å². The zero-order valence-corrected chi connectivity index (χ0v) is 14.8. The Balaban J connectivity index is 2.38. The highest BCUT2D eigenvalue weighted by atomic mass is 16.5. The zero-order chi connectivity index (χ0) is 17.6. The molecular weight excluding hydrogens is 304 g/mol. The molecule has 24 heavy (non-hydrogen) atoms. The van der Waals surface area contributed by atoms with Gasteiger partial charge in [-0.05, 0) is 38.2 Å². The number of hydrogen-bond donors (Lipinski definition) is 2. The van der Waals surface area contributed by atoms with Crippen LogP contribution in [0.25, 0.3) is 0 Å². The van der Waals surface area contributed by atoms with Crippen molar-refractivity contribution in [2.24, 2.45) is 0 Å². The van der Waals surface area contributed by atoms with E-state index in [0.717, 1.165) is 25.7 Å². The van der Waals surface area contributed by atoms with Gasteiger partial charge in [0.25, 0.3) is 0 Å². The van der Waals surface area contributed by atoms with Gasteiger partial charge in [0.15, 0.2) is 0 Å². The van der Waals surface area contributed by atoms with Crippen molar-refractivity contribution in [2.45, 2.75) is 83.0 Å². The van der Waals surface area contributed by atoms with Crippen LogP contribution in [0.3, 0.4) is 0 Å². The Morgan fingerprint density at radius 2 is 2.12 bits per heavy atom. The number of hydrogen-bond acceptors (Lipinski definition) is 4. The van der Waals surface area contributed by atoms with Crippen molar-refractivity contribution in [1.29, 1.82) is 0 Å². The second-order valence-corrected chi connectivity index (χ2v) is 6.27. The van der Waals surface area contributed by atoms with E-state index in [2.05, 4.69) is 19.1 Å². The Kier molecular flexibility index (Phi) is 11.2. The summed E-state index contributed by atoms with van der Waals surface area (Å²) in [6.07, 6.45) is 16.8. The second kappa shape index (κ2) is 13.0. The fourth-order valence-corrected chi connectivity index (χ4v) is 2.48. The quantitative estimate of drug-likeness (QED) is 0.381. The molecule has 0 fully saturated rings. The number of rotatable bonds is 9. The van der Waals surface area contributed by atoms with Crippen LogP contribution in [0.5, 0.6) is 0 Å². The Labute approximate surface area is 145 Å². The Morgan fingerprint density at radius 1 is 1.29 bits per heavy atom. The summed E-state index contributed by atoms with van der Waals surface area (Å²) in [5.41, 5.74) is 0. The molecule has 0 aromatic heterocycles. The molecular formula is C20H32O4. The van der Waals surface area contributed by atoms with Crippen LogP contribution >= 0.6 is 0 Å². The number of aliphatic hydroxyl groups excluding tert-OH is 2. The smallest absolute Gasteiger partial charge is 0.306 e. The van der Waals surface area contributed by atoms with Crippen LogP contribution in [0.2, 0.25) is 0 Å². The van der Waals surface area contributed by atoms with Crippen LogP contribution in [0.4, 0.5) is 0 Å². The molecule has 4 heteroatoms. The van der Waals surface area contributed by atoms with Gasteiger partial charge in [-0.2, -0.15) is 0 Å². The monoisotopic (exact) mass is 336 g/mol. The van der Waals surface area contributed by atoms with Crippen molar-refractivity contribution < 1.29 is 19.7 Å². The summed E-state index contributed by atoms with van der Waals surface area (Å²) in [6, 6.07) is 0. The predicted octanol–water partition coefficient (Wildman–Crippen LogP) is 3.83.